The van der Waals surface area contributed by atoms with Crippen LogP contribution in [-0.2, 0) is 9.84 Å². The molecule has 8 heteroatoms. The van der Waals surface area contributed by atoms with Crippen LogP contribution < -0.4 is 5.32 Å². The number of aryl methyl sites for hydroxylation is 2. The van der Waals surface area contributed by atoms with Gasteiger partial charge in [-0.05, 0) is 49.2 Å². The van der Waals surface area contributed by atoms with Gasteiger partial charge in [-0.2, -0.15) is 0 Å². The first-order chi connectivity index (χ1) is 12.3. The molecule has 1 aromatic heterocycles. The van der Waals surface area contributed by atoms with Gasteiger partial charge in [-0.15, -0.1) is 5.10 Å². The highest BCUT2D eigenvalue weighted by molar-refractivity contribution is 7.90. The molecular weight excluding hydrogens is 354 g/mol. The SMILES string of the molecule is Cc1ccc(-c2nnc(NC(=O)c3ccccc3S(C)(=O)=O)o2)cc1C. The molecule has 0 bridgehead atoms. The molecule has 0 saturated carbocycles. The van der Waals surface area contributed by atoms with Crippen LogP contribution in [0.3, 0.4) is 0 Å². The molecule has 0 atom stereocenters. The summed E-state index contributed by atoms with van der Waals surface area (Å²) >= 11 is 0. The van der Waals surface area contributed by atoms with E-state index in [4.69, 9.17) is 4.42 Å². The lowest BCUT2D eigenvalue weighted by atomic mass is 10.1. The molecule has 1 heterocycles. The summed E-state index contributed by atoms with van der Waals surface area (Å²) in [4.78, 5) is 12.4. The topological polar surface area (TPSA) is 102 Å². The Labute approximate surface area is 151 Å². The van der Waals surface area contributed by atoms with E-state index in [1.165, 1.54) is 12.1 Å². The third-order valence-corrected chi connectivity index (χ3v) is 5.09. The van der Waals surface area contributed by atoms with Crippen LogP contribution in [0.25, 0.3) is 11.5 Å². The predicted molar refractivity (Wildman–Crippen MR) is 96.7 cm³/mol. The molecule has 1 N–H and O–H groups in total. The molecule has 7 nitrogen and oxygen atoms in total. The van der Waals surface area contributed by atoms with E-state index in [1.807, 2.05) is 32.0 Å². The first-order valence-electron chi connectivity index (χ1n) is 7.77. The second-order valence-electron chi connectivity index (χ2n) is 5.93. The lowest BCUT2D eigenvalue weighted by molar-refractivity contribution is 0.102. The van der Waals surface area contributed by atoms with Gasteiger partial charge in [0.25, 0.3) is 5.91 Å². The number of carbonyl (C=O) groups excluding carboxylic acids is 1. The smallest absolute Gasteiger partial charge is 0.322 e. The Bertz CT molecular complexity index is 1090. The highest BCUT2D eigenvalue weighted by Crippen LogP contribution is 2.23. The number of hydrogen-bond acceptors (Lipinski definition) is 6. The molecule has 1 amide bonds. The minimum atomic E-state index is -3.54. The van der Waals surface area contributed by atoms with Gasteiger partial charge in [0, 0.05) is 11.8 Å². The maximum atomic E-state index is 12.4. The van der Waals surface area contributed by atoms with E-state index in [-0.39, 0.29) is 22.4 Å². The summed E-state index contributed by atoms with van der Waals surface area (Å²) in [6.45, 7) is 3.97. The van der Waals surface area contributed by atoms with Crippen molar-refractivity contribution in [1.82, 2.24) is 10.2 Å². The van der Waals surface area contributed by atoms with Crippen LogP contribution in [0, 0.1) is 13.8 Å². The number of anilines is 1. The fourth-order valence-electron chi connectivity index (χ4n) is 2.41. The Morgan fingerprint density at radius 3 is 2.46 bits per heavy atom. The monoisotopic (exact) mass is 371 g/mol. The number of nitrogens with one attached hydrogen (secondary N) is 1. The third kappa shape index (κ3) is 3.65. The van der Waals surface area contributed by atoms with E-state index < -0.39 is 15.7 Å². The maximum absolute atomic E-state index is 12.4. The van der Waals surface area contributed by atoms with E-state index in [1.54, 1.807) is 12.1 Å². The normalized spacial score (nSPS) is 11.3. The molecule has 0 aliphatic heterocycles. The van der Waals surface area contributed by atoms with Crippen LogP contribution in [0.2, 0.25) is 0 Å². The van der Waals surface area contributed by atoms with Gasteiger partial charge in [0.15, 0.2) is 9.84 Å². The number of nitrogens with zero attached hydrogens (tertiary/aromatic N) is 2. The summed E-state index contributed by atoms with van der Waals surface area (Å²) in [7, 11) is -3.54. The van der Waals surface area contributed by atoms with Gasteiger partial charge >= 0.3 is 6.01 Å². The molecule has 0 radical (unpaired) electrons. The number of benzene rings is 2. The minimum absolute atomic E-state index is 0.0148. The maximum Gasteiger partial charge on any atom is 0.322 e. The quantitative estimate of drug-likeness (QED) is 0.756. The fraction of sp³-hybridized carbons (Fsp3) is 0.167. The molecule has 3 rings (SSSR count). The number of carbonyl (C=O) groups is 1. The summed E-state index contributed by atoms with van der Waals surface area (Å²) < 4.78 is 29.1. The van der Waals surface area contributed by atoms with E-state index >= 15 is 0 Å². The molecule has 0 unspecified atom stereocenters. The molecule has 0 saturated heterocycles. The summed E-state index contributed by atoms with van der Waals surface area (Å²) in [5.41, 5.74) is 2.96. The van der Waals surface area contributed by atoms with Gasteiger partial charge in [0.05, 0.1) is 10.5 Å². The van der Waals surface area contributed by atoms with Gasteiger partial charge in [-0.1, -0.05) is 23.3 Å². The molecule has 3 aromatic rings. The van der Waals surface area contributed by atoms with Crippen LogP contribution in [0.5, 0.6) is 0 Å². The summed E-state index contributed by atoms with van der Waals surface area (Å²) in [5, 5.41) is 10.2. The number of sulfone groups is 1. The summed E-state index contributed by atoms with van der Waals surface area (Å²) in [6, 6.07) is 11.5. The number of rotatable bonds is 4. The van der Waals surface area contributed by atoms with Crippen molar-refractivity contribution in [1.29, 1.82) is 0 Å². The Kier molecular flexibility index (Phi) is 4.60. The third-order valence-electron chi connectivity index (χ3n) is 3.93. The van der Waals surface area contributed by atoms with Crippen molar-refractivity contribution in [3.8, 4) is 11.5 Å². The van der Waals surface area contributed by atoms with Crippen molar-refractivity contribution < 1.29 is 17.6 Å². The Hall–Kier alpha value is -3.00. The highest BCUT2D eigenvalue weighted by atomic mass is 32.2. The van der Waals surface area contributed by atoms with Crippen LogP contribution in [-0.4, -0.2) is 30.8 Å². The molecule has 0 aliphatic rings. The van der Waals surface area contributed by atoms with Crippen molar-refractivity contribution in [2.45, 2.75) is 18.7 Å². The van der Waals surface area contributed by atoms with E-state index in [0.29, 0.717) is 0 Å². The average molecular weight is 371 g/mol. The van der Waals surface area contributed by atoms with Gasteiger partial charge in [-0.25, -0.2) is 8.42 Å². The van der Waals surface area contributed by atoms with E-state index in [2.05, 4.69) is 15.5 Å². The van der Waals surface area contributed by atoms with Crippen molar-refractivity contribution in [2.75, 3.05) is 11.6 Å². The van der Waals surface area contributed by atoms with Crippen LogP contribution >= 0.6 is 0 Å². The molecule has 0 spiro atoms. The van der Waals surface area contributed by atoms with Gasteiger partial charge in [-0.3, -0.25) is 10.1 Å². The Morgan fingerprint density at radius 2 is 1.77 bits per heavy atom. The molecular formula is C18H17N3O4S. The summed E-state index contributed by atoms with van der Waals surface area (Å²) in [6.07, 6.45) is 1.05. The lowest BCUT2D eigenvalue weighted by Gasteiger charge is -2.06. The van der Waals surface area contributed by atoms with Crippen molar-refractivity contribution >= 4 is 21.8 Å². The fourth-order valence-corrected chi connectivity index (χ4v) is 3.29. The Morgan fingerprint density at radius 1 is 1.04 bits per heavy atom. The van der Waals surface area contributed by atoms with Gasteiger partial charge < -0.3 is 4.42 Å². The van der Waals surface area contributed by atoms with Crippen molar-refractivity contribution in [2.24, 2.45) is 0 Å². The van der Waals surface area contributed by atoms with Crippen LogP contribution in [0.15, 0.2) is 51.8 Å². The molecule has 2 aromatic carbocycles. The molecule has 134 valence electrons. The minimum Gasteiger partial charge on any atom is -0.403 e. The zero-order valence-corrected chi connectivity index (χ0v) is 15.3. The van der Waals surface area contributed by atoms with Crippen LogP contribution in [0.4, 0.5) is 6.01 Å². The summed E-state index contributed by atoms with van der Waals surface area (Å²) in [5.74, 6) is -0.374. The van der Waals surface area contributed by atoms with Gasteiger partial charge in [0.2, 0.25) is 5.89 Å². The highest BCUT2D eigenvalue weighted by Gasteiger charge is 2.20. The molecule has 0 fully saturated rings. The number of amides is 1. The lowest BCUT2D eigenvalue weighted by Crippen LogP contribution is -2.16. The zero-order valence-electron chi connectivity index (χ0n) is 14.5. The average Bonchev–Trinajstić information content (AvgIpc) is 3.05. The predicted octanol–water partition coefficient (Wildman–Crippen LogP) is 3.01. The van der Waals surface area contributed by atoms with E-state index in [9.17, 15) is 13.2 Å². The van der Waals surface area contributed by atoms with E-state index in [0.717, 1.165) is 22.9 Å². The first kappa shape index (κ1) is 17.8. The van der Waals surface area contributed by atoms with Crippen molar-refractivity contribution in [3.63, 3.8) is 0 Å². The number of hydrogen-bond donors (Lipinski definition) is 1. The molecule has 0 aliphatic carbocycles. The first-order valence-corrected chi connectivity index (χ1v) is 9.66. The Balaban J connectivity index is 1.86. The number of aromatic nitrogens is 2. The zero-order chi connectivity index (χ0) is 18.9. The van der Waals surface area contributed by atoms with Crippen molar-refractivity contribution in [3.05, 3.63) is 59.2 Å². The molecule has 26 heavy (non-hydrogen) atoms. The standard InChI is InChI=1S/C18H17N3O4S/c1-11-8-9-13(10-12(11)2)17-20-21-18(25-17)19-16(22)14-6-4-5-7-15(14)26(3,23)24/h4-10H,1-3H3,(H,19,21,22). The van der Waals surface area contributed by atoms with Crippen LogP contribution in [0.1, 0.15) is 21.5 Å². The largest absolute Gasteiger partial charge is 0.403 e. The second-order valence-corrected chi connectivity index (χ2v) is 7.92. The van der Waals surface area contributed by atoms with Gasteiger partial charge in [0.1, 0.15) is 0 Å². The second kappa shape index (κ2) is 6.72.